The van der Waals surface area contributed by atoms with Crippen LogP contribution < -0.4 is 0 Å². The first-order chi connectivity index (χ1) is 5.79. The third-order valence-electron chi connectivity index (χ3n) is 2.06. The molecule has 0 radical (unpaired) electrons. The molecule has 62 valence electrons. The first-order valence-electron chi connectivity index (χ1n) is 4.07. The zero-order valence-corrected chi connectivity index (χ0v) is 8.48. The predicted molar refractivity (Wildman–Crippen MR) is 55.4 cm³/mol. The highest BCUT2D eigenvalue weighted by Crippen LogP contribution is 2.20. The molecule has 1 N–H and O–H groups in total. The van der Waals surface area contributed by atoms with Crippen LogP contribution in [0.3, 0.4) is 0 Å². The molecular weight excluding hydrogens is 214 g/mol. The number of aromatic nitrogens is 1. The molecule has 0 aliphatic rings. The van der Waals surface area contributed by atoms with Gasteiger partial charge in [-0.15, -0.1) is 0 Å². The number of hydrogen-bond acceptors (Lipinski definition) is 0. The Labute approximate surface area is 79.9 Å². The average Bonchev–Trinajstić information content (AvgIpc) is 2.43. The standard InChI is InChI=1S/C10H10BrN/c1-2-7-3-4-9-8(5-7)6-10(11)12-9/h3-6,12H,2H2,1H3. The fraction of sp³-hybridized carbons (Fsp3) is 0.200. The summed E-state index contributed by atoms with van der Waals surface area (Å²) in [4.78, 5) is 3.23. The Morgan fingerprint density at radius 3 is 2.92 bits per heavy atom. The minimum absolute atomic E-state index is 1.05. The smallest absolute Gasteiger partial charge is 0.0830 e. The van der Waals surface area contributed by atoms with Gasteiger partial charge in [0.2, 0.25) is 0 Å². The summed E-state index contributed by atoms with van der Waals surface area (Å²) in [5, 5.41) is 1.28. The summed E-state index contributed by atoms with van der Waals surface area (Å²) in [5.41, 5.74) is 2.58. The van der Waals surface area contributed by atoms with E-state index in [1.54, 1.807) is 0 Å². The maximum absolute atomic E-state index is 3.42. The van der Waals surface area contributed by atoms with Gasteiger partial charge in [0.15, 0.2) is 0 Å². The summed E-state index contributed by atoms with van der Waals surface area (Å²) >= 11 is 3.42. The van der Waals surface area contributed by atoms with Gasteiger partial charge >= 0.3 is 0 Å². The Balaban J connectivity index is 2.66. The van der Waals surface area contributed by atoms with E-state index in [1.165, 1.54) is 16.5 Å². The van der Waals surface area contributed by atoms with E-state index < -0.39 is 0 Å². The van der Waals surface area contributed by atoms with Gasteiger partial charge < -0.3 is 4.98 Å². The molecule has 0 aliphatic carbocycles. The summed E-state index contributed by atoms with van der Waals surface area (Å²) in [6, 6.07) is 8.61. The Bertz CT molecular complexity index is 403. The van der Waals surface area contributed by atoms with Crippen LogP contribution in [-0.4, -0.2) is 4.98 Å². The molecule has 1 heterocycles. The van der Waals surface area contributed by atoms with Crippen LogP contribution in [0, 0.1) is 0 Å². The third kappa shape index (κ3) is 1.27. The summed E-state index contributed by atoms with van der Waals surface area (Å²) in [6.45, 7) is 2.17. The lowest BCUT2D eigenvalue weighted by molar-refractivity contribution is 1.15. The molecule has 0 saturated carbocycles. The molecule has 0 spiro atoms. The zero-order valence-electron chi connectivity index (χ0n) is 6.89. The van der Waals surface area contributed by atoms with Crippen molar-refractivity contribution >= 4 is 26.8 Å². The third-order valence-corrected chi connectivity index (χ3v) is 2.49. The number of rotatable bonds is 1. The highest BCUT2D eigenvalue weighted by molar-refractivity contribution is 9.10. The molecule has 1 nitrogen and oxygen atoms in total. The first-order valence-corrected chi connectivity index (χ1v) is 4.86. The van der Waals surface area contributed by atoms with Crippen molar-refractivity contribution in [2.45, 2.75) is 13.3 Å². The van der Waals surface area contributed by atoms with Gasteiger partial charge in [-0.3, -0.25) is 0 Å². The Morgan fingerprint density at radius 2 is 2.17 bits per heavy atom. The molecule has 0 unspecified atom stereocenters. The van der Waals surface area contributed by atoms with Crippen LogP contribution in [0.1, 0.15) is 12.5 Å². The highest BCUT2D eigenvalue weighted by atomic mass is 79.9. The van der Waals surface area contributed by atoms with Crippen molar-refractivity contribution in [1.82, 2.24) is 4.98 Å². The fourth-order valence-electron chi connectivity index (χ4n) is 1.37. The molecule has 1 aromatic carbocycles. The van der Waals surface area contributed by atoms with E-state index in [4.69, 9.17) is 0 Å². The predicted octanol–water partition coefficient (Wildman–Crippen LogP) is 3.49. The number of hydrogen-bond donors (Lipinski definition) is 1. The van der Waals surface area contributed by atoms with Crippen molar-refractivity contribution in [1.29, 1.82) is 0 Å². The molecule has 0 fully saturated rings. The van der Waals surface area contributed by atoms with Crippen LogP contribution in [0.5, 0.6) is 0 Å². The number of nitrogens with one attached hydrogen (secondary N) is 1. The second kappa shape index (κ2) is 2.94. The normalized spacial score (nSPS) is 10.8. The van der Waals surface area contributed by atoms with Crippen LogP contribution in [0.2, 0.25) is 0 Å². The minimum Gasteiger partial charge on any atom is -0.349 e. The van der Waals surface area contributed by atoms with Crippen LogP contribution in [0.25, 0.3) is 10.9 Å². The molecule has 0 amide bonds. The van der Waals surface area contributed by atoms with Crippen LogP contribution in [0.15, 0.2) is 28.9 Å². The van der Waals surface area contributed by atoms with Crippen molar-refractivity contribution < 1.29 is 0 Å². The number of aromatic amines is 1. The molecule has 0 bridgehead atoms. The van der Waals surface area contributed by atoms with Gasteiger partial charge in [0.05, 0.1) is 4.60 Å². The minimum atomic E-state index is 1.05. The van der Waals surface area contributed by atoms with Crippen LogP contribution in [0.4, 0.5) is 0 Å². The summed E-state index contributed by atoms with van der Waals surface area (Å²) in [5.74, 6) is 0. The monoisotopic (exact) mass is 223 g/mol. The number of benzene rings is 1. The van der Waals surface area contributed by atoms with Crippen LogP contribution in [-0.2, 0) is 6.42 Å². The lowest BCUT2D eigenvalue weighted by Gasteiger charge is -1.94. The highest BCUT2D eigenvalue weighted by Gasteiger charge is 1.97. The van der Waals surface area contributed by atoms with E-state index in [0.29, 0.717) is 0 Å². The number of aryl methyl sites for hydroxylation is 1. The van der Waals surface area contributed by atoms with Gasteiger partial charge in [0.1, 0.15) is 0 Å². The van der Waals surface area contributed by atoms with E-state index in [0.717, 1.165) is 11.0 Å². The summed E-state index contributed by atoms with van der Waals surface area (Å²) in [6.07, 6.45) is 1.10. The summed E-state index contributed by atoms with van der Waals surface area (Å²) < 4.78 is 1.05. The quantitative estimate of drug-likeness (QED) is 0.763. The Hall–Kier alpha value is -0.760. The second-order valence-corrected chi connectivity index (χ2v) is 3.75. The van der Waals surface area contributed by atoms with Crippen molar-refractivity contribution in [2.75, 3.05) is 0 Å². The Kier molecular flexibility index (Phi) is 1.93. The van der Waals surface area contributed by atoms with Crippen molar-refractivity contribution in [3.05, 3.63) is 34.4 Å². The average molecular weight is 224 g/mol. The molecule has 0 atom stereocenters. The number of fused-ring (bicyclic) bond motifs is 1. The van der Waals surface area contributed by atoms with E-state index in [2.05, 4.69) is 52.1 Å². The fourth-order valence-corrected chi connectivity index (χ4v) is 1.83. The van der Waals surface area contributed by atoms with Crippen LogP contribution >= 0.6 is 15.9 Å². The summed E-state index contributed by atoms with van der Waals surface area (Å²) in [7, 11) is 0. The molecule has 2 aromatic rings. The van der Waals surface area contributed by atoms with Crippen molar-refractivity contribution in [3.63, 3.8) is 0 Å². The van der Waals surface area contributed by atoms with Gasteiger partial charge in [-0.1, -0.05) is 13.0 Å². The van der Waals surface area contributed by atoms with Gasteiger partial charge in [0.25, 0.3) is 0 Å². The first kappa shape index (κ1) is 7.87. The maximum atomic E-state index is 3.42. The van der Waals surface area contributed by atoms with Crippen molar-refractivity contribution in [3.8, 4) is 0 Å². The topological polar surface area (TPSA) is 15.8 Å². The van der Waals surface area contributed by atoms with E-state index >= 15 is 0 Å². The van der Waals surface area contributed by atoms with E-state index in [-0.39, 0.29) is 0 Å². The van der Waals surface area contributed by atoms with Gasteiger partial charge in [-0.05, 0) is 46.1 Å². The molecule has 2 rings (SSSR count). The maximum Gasteiger partial charge on any atom is 0.0830 e. The van der Waals surface area contributed by atoms with Crippen molar-refractivity contribution in [2.24, 2.45) is 0 Å². The molecule has 2 heteroatoms. The Morgan fingerprint density at radius 1 is 1.33 bits per heavy atom. The van der Waals surface area contributed by atoms with Gasteiger partial charge in [-0.25, -0.2) is 0 Å². The molecule has 0 aliphatic heterocycles. The SMILES string of the molecule is CCc1ccc2[nH]c(Br)cc2c1. The van der Waals surface area contributed by atoms with Gasteiger partial charge in [0, 0.05) is 10.9 Å². The second-order valence-electron chi connectivity index (χ2n) is 2.89. The van der Waals surface area contributed by atoms with E-state index in [9.17, 15) is 0 Å². The van der Waals surface area contributed by atoms with Gasteiger partial charge in [-0.2, -0.15) is 0 Å². The van der Waals surface area contributed by atoms with E-state index in [1.807, 2.05) is 0 Å². The lowest BCUT2D eigenvalue weighted by atomic mass is 10.1. The molecule has 12 heavy (non-hydrogen) atoms. The number of halogens is 1. The largest absolute Gasteiger partial charge is 0.349 e. The number of H-pyrrole nitrogens is 1. The molecule has 0 saturated heterocycles. The molecular formula is C10H10BrN. The molecule has 1 aromatic heterocycles. The zero-order chi connectivity index (χ0) is 8.55. The lowest BCUT2D eigenvalue weighted by Crippen LogP contribution is -1.77.